The van der Waals surface area contributed by atoms with Crippen molar-refractivity contribution in [1.29, 1.82) is 0 Å². The monoisotopic (exact) mass is 372 g/mol. The molecule has 0 spiro atoms. The van der Waals surface area contributed by atoms with Gasteiger partial charge in [0.2, 0.25) is 0 Å². The maximum atomic E-state index is 12.3. The maximum Gasteiger partial charge on any atom is 1.00 e. The minimum Gasteiger partial charge on any atom is -0.872 e. The van der Waals surface area contributed by atoms with Crippen molar-refractivity contribution in [3.8, 4) is 17.2 Å². The van der Waals surface area contributed by atoms with Crippen LogP contribution < -0.4 is 39.4 Å². The van der Waals surface area contributed by atoms with Crippen LogP contribution in [-0.4, -0.2) is 13.0 Å². The molecule has 0 bridgehead atoms. The molecule has 7 heteroatoms. The van der Waals surface area contributed by atoms with E-state index in [1.165, 1.54) is 12.1 Å². The van der Waals surface area contributed by atoms with Crippen molar-refractivity contribution in [2.45, 2.75) is 43.9 Å². The summed E-state index contributed by atoms with van der Waals surface area (Å²) in [5.41, 5.74) is 0.119. The van der Waals surface area contributed by atoms with Crippen LogP contribution in [0.15, 0.2) is 47.4 Å². The standard InChI is InChI=1S/C18H22O5S.Na/c1-2-3-4-8-11-16-17(19)12-15(13-18(16)24(20,21)22)23-14-9-6-5-7-10-14;/h5-7,9-10,12-13,19H,2-4,8,11H2,1H3,(H,20,21,22);/q;+1/p-1. The summed E-state index contributed by atoms with van der Waals surface area (Å²) in [5, 5.41) is 12.3. The third-order valence-electron chi connectivity index (χ3n) is 3.68. The van der Waals surface area contributed by atoms with Crippen molar-refractivity contribution < 1.29 is 52.4 Å². The van der Waals surface area contributed by atoms with Gasteiger partial charge in [-0.15, -0.1) is 5.75 Å². The first kappa shape index (κ1) is 22.0. The average Bonchev–Trinajstić information content (AvgIpc) is 2.53. The van der Waals surface area contributed by atoms with Crippen LogP contribution in [0.4, 0.5) is 0 Å². The molecule has 0 saturated heterocycles. The van der Waals surface area contributed by atoms with E-state index in [9.17, 15) is 18.1 Å². The molecule has 2 rings (SSSR count). The van der Waals surface area contributed by atoms with Crippen LogP contribution in [0, 0.1) is 0 Å². The second-order valence-electron chi connectivity index (χ2n) is 5.60. The Morgan fingerprint density at radius 1 is 1.04 bits per heavy atom. The molecule has 0 aromatic heterocycles. The molecule has 2 aromatic carbocycles. The first-order valence-electron chi connectivity index (χ1n) is 7.96. The molecule has 0 aliphatic carbocycles. The minimum absolute atomic E-state index is 0. The molecule has 0 amide bonds. The van der Waals surface area contributed by atoms with Crippen LogP contribution in [0.2, 0.25) is 0 Å². The van der Waals surface area contributed by atoms with Gasteiger partial charge >= 0.3 is 29.6 Å². The van der Waals surface area contributed by atoms with Crippen molar-refractivity contribution in [3.63, 3.8) is 0 Å². The zero-order chi connectivity index (χ0) is 17.6. The fraction of sp³-hybridized carbons (Fsp3) is 0.333. The van der Waals surface area contributed by atoms with Gasteiger partial charge in [-0.2, -0.15) is 8.42 Å². The number of ether oxygens (including phenoxy) is 1. The summed E-state index contributed by atoms with van der Waals surface area (Å²) in [6.45, 7) is 2.07. The van der Waals surface area contributed by atoms with E-state index in [4.69, 9.17) is 4.74 Å². The van der Waals surface area contributed by atoms with E-state index >= 15 is 0 Å². The summed E-state index contributed by atoms with van der Waals surface area (Å²) in [5.74, 6) is 0.137. The molecule has 0 heterocycles. The Morgan fingerprint density at radius 2 is 1.72 bits per heavy atom. The molecule has 0 fully saturated rings. The van der Waals surface area contributed by atoms with E-state index in [0.717, 1.165) is 19.3 Å². The summed E-state index contributed by atoms with van der Waals surface area (Å²) in [6, 6.07) is 11.2. The molecule has 0 aliphatic heterocycles. The van der Waals surface area contributed by atoms with Gasteiger partial charge in [-0.25, -0.2) is 0 Å². The van der Waals surface area contributed by atoms with Gasteiger partial charge in [-0.1, -0.05) is 44.4 Å². The van der Waals surface area contributed by atoms with Crippen molar-refractivity contribution in [2.24, 2.45) is 0 Å². The molecule has 0 atom stereocenters. The Kier molecular flexibility index (Phi) is 8.96. The summed E-state index contributed by atoms with van der Waals surface area (Å²) < 4.78 is 38.3. The van der Waals surface area contributed by atoms with Crippen molar-refractivity contribution in [1.82, 2.24) is 0 Å². The Labute approximate surface area is 171 Å². The Bertz CT molecular complexity index is 776. The third kappa shape index (κ3) is 6.64. The summed E-state index contributed by atoms with van der Waals surface area (Å²) in [6.07, 6.45) is 3.98. The largest absolute Gasteiger partial charge is 1.00 e. The van der Waals surface area contributed by atoms with Crippen molar-refractivity contribution in [2.75, 3.05) is 0 Å². The topological polar surface area (TPSA) is 86.7 Å². The number of unbranched alkanes of at least 4 members (excludes halogenated alkanes) is 3. The van der Waals surface area contributed by atoms with E-state index < -0.39 is 15.9 Å². The molecule has 130 valence electrons. The van der Waals surface area contributed by atoms with E-state index in [1.807, 2.05) is 6.07 Å². The minimum atomic E-state index is -4.49. The number of rotatable bonds is 8. The fourth-order valence-electron chi connectivity index (χ4n) is 2.48. The SMILES string of the molecule is CCCCCCc1c([O-])cc(Oc2ccccc2)cc1S(=O)(=O)O.[Na+]. The molecule has 25 heavy (non-hydrogen) atoms. The zero-order valence-corrected chi connectivity index (χ0v) is 17.4. The van der Waals surface area contributed by atoms with Gasteiger partial charge in [0.1, 0.15) is 16.4 Å². The van der Waals surface area contributed by atoms with Gasteiger partial charge in [0, 0.05) is 6.07 Å². The van der Waals surface area contributed by atoms with Crippen molar-refractivity contribution in [3.05, 3.63) is 48.0 Å². The quantitative estimate of drug-likeness (QED) is 0.423. The van der Waals surface area contributed by atoms with Crippen LogP contribution in [0.25, 0.3) is 0 Å². The van der Waals surface area contributed by atoms with Gasteiger partial charge in [0.15, 0.2) is 0 Å². The number of hydrogen-bond acceptors (Lipinski definition) is 4. The fourth-order valence-corrected chi connectivity index (χ4v) is 3.26. The van der Waals surface area contributed by atoms with E-state index in [2.05, 4.69) is 6.92 Å². The van der Waals surface area contributed by atoms with Gasteiger partial charge in [0.25, 0.3) is 10.1 Å². The first-order chi connectivity index (χ1) is 11.4. The second kappa shape index (κ2) is 10.2. The molecular formula is C18H21NaO5S. The third-order valence-corrected chi connectivity index (χ3v) is 4.60. The molecule has 0 unspecified atom stereocenters. The van der Waals surface area contributed by atoms with E-state index in [-0.39, 0.29) is 45.8 Å². The second-order valence-corrected chi connectivity index (χ2v) is 6.99. The van der Waals surface area contributed by atoms with Gasteiger partial charge < -0.3 is 9.84 Å². The van der Waals surface area contributed by atoms with Crippen molar-refractivity contribution >= 4 is 10.1 Å². The van der Waals surface area contributed by atoms with Crippen LogP contribution in [0.1, 0.15) is 38.2 Å². The van der Waals surface area contributed by atoms with Crippen LogP contribution in [0.3, 0.4) is 0 Å². The molecule has 1 N–H and O–H groups in total. The van der Waals surface area contributed by atoms with Gasteiger partial charge in [-0.05, 0) is 36.6 Å². The number of hydrogen-bond donors (Lipinski definition) is 1. The summed E-state index contributed by atoms with van der Waals surface area (Å²) in [4.78, 5) is -0.363. The zero-order valence-electron chi connectivity index (χ0n) is 14.6. The predicted molar refractivity (Wildman–Crippen MR) is 90.1 cm³/mol. The van der Waals surface area contributed by atoms with E-state index in [0.29, 0.717) is 18.6 Å². The molecule has 0 radical (unpaired) electrons. The molecule has 0 aliphatic rings. The molecule has 5 nitrogen and oxygen atoms in total. The predicted octanol–water partition coefficient (Wildman–Crippen LogP) is 0.926. The Morgan fingerprint density at radius 3 is 2.32 bits per heavy atom. The van der Waals surface area contributed by atoms with Crippen LogP contribution in [0.5, 0.6) is 17.2 Å². The number of para-hydroxylation sites is 1. The molecule has 2 aromatic rings. The van der Waals surface area contributed by atoms with Gasteiger partial charge in [-0.3, -0.25) is 4.55 Å². The van der Waals surface area contributed by atoms with E-state index in [1.54, 1.807) is 24.3 Å². The summed E-state index contributed by atoms with van der Waals surface area (Å²) in [7, 11) is -4.49. The smallest absolute Gasteiger partial charge is 0.872 e. The van der Waals surface area contributed by atoms with Crippen LogP contribution in [-0.2, 0) is 16.5 Å². The Hall–Kier alpha value is -1.05. The first-order valence-corrected chi connectivity index (χ1v) is 9.40. The normalized spacial score (nSPS) is 11.0. The molecule has 0 saturated carbocycles. The maximum absolute atomic E-state index is 12.3. The number of benzene rings is 2. The average molecular weight is 372 g/mol. The van der Waals surface area contributed by atoms with Gasteiger partial charge in [0.05, 0.1) is 0 Å². The Balaban J connectivity index is 0.00000312. The molecular weight excluding hydrogens is 351 g/mol. The van der Waals surface area contributed by atoms with Crippen LogP contribution >= 0.6 is 0 Å². The summed E-state index contributed by atoms with van der Waals surface area (Å²) >= 11 is 0.